The second kappa shape index (κ2) is 8.59. The second-order valence-corrected chi connectivity index (χ2v) is 9.41. The highest BCUT2D eigenvalue weighted by atomic mass is 32.2. The van der Waals surface area contributed by atoms with Crippen molar-refractivity contribution < 1.29 is 22.7 Å². The Labute approximate surface area is 165 Å². The third-order valence-corrected chi connectivity index (χ3v) is 6.95. The van der Waals surface area contributed by atoms with Gasteiger partial charge in [-0.15, -0.1) is 0 Å². The van der Waals surface area contributed by atoms with Crippen molar-refractivity contribution in [2.45, 2.75) is 31.8 Å². The average molecular weight is 410 g/mol. The third-order valence-electron chi connectivity index (χ3n) is 5.22. The van der Waals surface area contributed by atoms with Gasteiger partial charge in [0.2, 0.25) is 15.9 Å². The van der Waals surface area contributed by atoms with E-state index in [0.717, 1.165) is 15.4 Å². The van der Waals surface area contributed by atoms with Gasteiger partial charge in [0.15, 0.2) is 0 Å². The maximum absolute atomic E-state index is 12.8. The van der Waals surface area contributed by atoms with Gasteiger partial charge in [-0.3, -0.25) is 14.5 Å². The minimum atomic E-state index is -3.63. The Morgan fingerprint density at radius 3 is 2.86 bits per heavy atom. The first kappa shape index (κ1) is 20.8. The Morgan fingerprint density at radius 2 is 2.14 bits per heavy atom. The van der Waals surface area contributed by atoms with E-state index in [2.05, 4.69) is 5.32 Å². The highest BCUT2D eigenvalue weighted by molar-refractivity contribution is 7.89. The van der Waals surface area contributed by atoms with Crippen LogP contribution in [0.4, 0.5) is 0 Å². The third kappa shape index (κ3) is 4.71. The Balaban J connectivity index is 1.63. The lowest BCUT2D eigenvalue weighted by molar-refractivity contribution is -0.131. The van der Waals surface area contributed by atoms with Crippen LogP contribution in [0.5, 0.6) is 0 Å². The van der Waals surface area contributed by atoms with Crippen LogP contribution in [0, 0.1) is 6.92 Å². The zero-order valence-electron chi connectivity index (χ0n) is 16.3. The molecule has 0 aromatic heterocycles. The molecule has 0 unspecified atom stereocenters. The number of fused-ring (bicyclic) bond motifs is 1. The minimum Gasteiger partial charge on any atom is -0.383 e. The number of nitrogens with one attached hydrogen (secondary N) is 1. The molecule has 2 saturated heterocycles. The lowest BCUT2D eigenvalue weighted by Crippen LogP contribution is -2.45. The molecule has 0 spiro atoms. The number of amides is 2. The Hall–Kier alpha value is -1.97. The van der Waals surface area contributed by atoms with Crippen LogP contribution in [-0.2, 0) is 30.8 Å². The predicted molar refractivity (Wildman–Crippen MR) is 104 cm³/mol. The summed E-state index contributed by atoms with van der Waals surface area (Å²) in [6, 6.07) is 7.09. The van der Waals surface area contributed by atoms with Gasteiger partial charge in [-0.25, -0.2) is 12.7 Å². The number of rotatable bonds is 6. The fraction of sp³-hybridized carbons (Fsp3) is 0.579. The molecule has 3 rings (SSSR count). The SMILES string of the molecule is COCCN1C(=O)[C@@H]2C[C@H](NC(=O)Cc3cccc(C)c3)CN2CCS1(=O)=O. The van der Waals surface area contributed by atoms with Crippen LogP contribution in [0.1, 0.15) is 17.5 Å². The van der Waals surface area contributed by atoms with Gasteiger partial charge in [0, 0.05) is 26.2 Å². The molecule has 8 nitrogen and oxygen atoms in total. The maximum atomic E-state index is 12.8. The van der Waals surface area contributed by atoms with E-state index in [4.69, 9.17) is 4.74 Å². The van der Waals surface area contributed by atoms with E-state index in [1.54, 1.807) is 0 Å². The quantitative estimate of drug-likeness (QED) is 0.706. The van der Waals surface area contributed by atoms with Gasteiger partial charge in [-0.1, -0.05) is 29.8 Å². The van der Waals surface area contributed by atoms with Crippen LogP contribution in [-0.4, -0.2) is 80.6 Å². The van der Waals surface area contributed by atoms with Crippen LogP contribution in [0.2, 0.25) is 0 Å². The molecule has 2 heterocycles. The van der Waals surface area contributed by atoms with Gasteiger partial charge in [-0.2, -0.15) is 0 Å². The molecule has 0 radical (unpaired) electrons. The summed E-state index contributed by atoms with van der Waals surface area (Å²) in [5, 5.41) is 3.00. The number of sulfonamides is 1. The van der Waals surface area contributed by atoms with Gasteiger partial charge in [-0.05, 0) is 18.9 Å². The molecule has 0 bridgehead atoms. The number of carbonyl (C=O) groups excluding carboxylic acids is 2. The van der Waals surface area contributed by atoms with Crippen molar-refractivity contribution in [3.63, 3.8) is 0 Å². The molecule has 1 aromatic rings. The normalized spacial score (nSPS) is 24.6. The van der Waals surface area contributed by atoms with Crippen LogP contribution >= 0.6 is 0 Å². The smallest absolute Gasteiger partial charge is 0.253 e. The van der Waals surface area contributed by atoms with Crippen molar-refractivity contribution in [3.8, 4) is 0 Å². The summed E-state index contributed by atoms with van der Waals surface area (Å²) in [4.78, 5) is 27.1. The second-order valence-electron chi connectivity index (χ2n) is 7.40. The van der Waals surface area contributed by atoms with E-state index < -0.39 is 22.0 Å². The first-order valence-electron chi connectivity index (χ1n) is 9.42. The summed E-state index contributed by atoms with van der Waals surface area (Å²) in [6.45, 7) is 2.92. The summed E-state index contributed by atoms with van der Waals surface area (Å²) >= 11 is 0. The van der Waals surface area contributed by atoms with Gasteiger partial charge in [0.05, 0.1) is 31.4 Å². The van der Waals surface area contributed by atoms with Crippen LogP contribution in [0.15, 0.2) is 24.3 Å². The molecule has 2 fully saturated rings. The number of benzene rings is 1. The topological polar surface area (TPSA) is 96.0 Å². The molecule has 28 heavy (non-hydrogen) atoms. The molecular weight excluding hydrogens is 382 g/mol. The number of methoxy groups -OCH3 is 1. The number of hydrogen-bond acceptors (Lipinski definition) is 6. The average Bonchev–Trinajstić information content (AvgIpc) is 2.99. The van der Waals surface area contributed by atoms with Gasteiger partial charge < -0.3 is 10.1 Å². The van der Waals surface area contributed by atoms with E-state index in [0.29, 0.717) is 13.0 Å². The Morgan fingerprint density at radius 1 is 1.36 bits per heavy atom. The summed E-state index contributed by atoms with van der Waals surface area (Å²) < 4.78 is 30.7. The Bertz CT molecular complexity index is 842. The Kier molecular flexibility index (Phi) is 6.36. The first-order chi connectivity index (χ1) is 13.3. The minimum absolute atomic E-state index is 0.0202. The van der Waals surface area contributed by atoms with E-state index in [1.807, 2.05) is 36.1 Å². The molecule has 9 heteroatoms. The number of nitrogens with zero attached hydrogens (tertiary/aromatic N) is 2. The van der Waals surface area contributed by atoms with Crippen molar-refractivity contribution in [2.24, 2.45) is 0 Å². The largest absolute Gasteiger partial charge is 0.383 e. The number of ether oxygens (including phenoxy) is 1. The summed E-state index contributed by atoms with van der Waals surface area (Å²) in [5.74, 6) is -0.627. The standard InChI is InChI=1S/C19H27N3O5S/c1-14-4-3-5-15(10-14)11-18(23)20-16-12-17-19(24)22(6-8-27-2)28(25,26)9-7-21(17)13-16/h3-5,10,16-17H,6-9,11-13H2,1-2H3,(H,20,23)/t16-,17-/m0/s1. The molecule has 2 atom stereocenters. The molecule has 2 amide bonds. The molecule has 154 valence electrons. The first-order valence-corrected chi connectivity index (χ1v) is 11.0. The number of hydrogen-bond donors (Lipinski definition) is 1. The van der Waals surface area contributed by atoms with Crippen molar-refractivity contribution in [1.82, 2.24) is 14.5 Å². The zero-order valence-corrected chi connectivity index (χ0v) is 17.1. The summed E-state index contributed by atoms with van der Waals surface area (Å²) in [5.41, 5.74) is 2.04. The lowest BCUT2D eigenvalue weighted by Gasteiger charge is -2.23. The highest BCUT2D eigenvalue weighted by Crippen LogP contribution is 2.24. The molecule has 1 N–H and O–H groups in total. The van der Waals surface area contributed by atoms with E-state index in [1.165, 1.54) is 7.11 Å². The van der Waals surface area contributed by atoms with Crippen LogP contribution < -0.4 is 5.32 Å². The van der Waals surface area contributed by atoms with Crippen molar-refractivity contribution in [2.75, 3.05) is 39.1 Å². The number of carbonyl (C=O) groups is 2. The summed E-state index contributed by atoms with van der Waals surface area (Å²) in [7, 11) is -2.17. The van der Waals surface area contributed by atoms with Crippen LogP contribution in [0.25, 0.3) is 0 Å². The monoisotopic (exact) mass is 409 g/mol. The van der Waals surface area contributed by atoms with Gasteiger partial charge >= 0.3 is 0 Å². The number of aryl methyl sites for hydroxylation is 1. The molecule has 0 saturated carbocycles. The molecule has 2 aliphatic rings. The van der Waals surface area contributed by atoms with Crippen molar-refractivity contribution in [3.05, 3.63) is 35.4 Å². The molecule has 0 aliphatic carbocycles. The van der Waals surface area contributed by atoms with Crippen molar-refractivity contribution >= 4 is 21.8 Å². The fourth-order valence-electron chi connectivity index (χ4n) is 3.87. The fourth-order valence-corrected chi connectivity index (χ4v) is 5.30. The lowest BCUT2D eigenvalue weighted by atomic mass is 10.1. The van der Waals surface area contributed by atoms with Crippen LogP contribution in [0.3, 0.4) is 0 Å². The van der Waals surface area contributed by atoms with Crippen molar-refractivity contribution in [1.29, 1.82) is 0 Å². The predicted octanol–water partition coefficient (Wildman–Crippen LogP) is -0.0850. The molecular formula is C19H27N3O5S. The van der Waals surface area contributed by atoms with E-state index in [9.17, 15) is 18.0 Å². The summed E-state index contributed by atoms with van der Waals surface area (Å²) in [6.07, 6.45) is 0.697. The molecule has 1 aromatic carbocycles. The molecule has 2 aliphatic heterocycles. The zero-order chi connectivity index (χ0) is 20.3. The van der Waals surface area contributed by atoms with E-state index >= 15 is 0 Å². The van der Waals surface area contributed by atoms with E-state index in [-0.39, 0.29) is 43.8 Å². The van der Waals surface area contributed by atoms with Gasteiger partial charge in [0.1, 0.15) is 0 Å². The van der Waals surface area contributed by atoms with Gasteiger partial charge in [0.25, 0.3) is 5.91 Å². The maximum Gasteiger partial charge on any atom is 0.253 e. The highest BCUT2D eigenvalue weighted by Gasteiger charge is 2.45.